The number of fused-ring (bicyclic) bond motifs is 1. The van der Waals surface area contributed by atoms with E-state index in [1.54, 1.807) is 0 Å². The summed E-state index contributed by atoms with van der Waals surface area (Å²) in [4.78, 5) is 38.1. The van der Waals surface area contributed by atoms with Crippen LogP contribution >= 0.6 is 0 Å². The van der Waals surface area contributed by atoms with E-state index in [9.17, 15) is 14.4 Å². The first-order valence-corrected chi connectivity index (χ1v) is 8.86. The highest BCUT2D eigenvalue weighted by Gasteiger charge is 2.39. The van der Waals surface area contributed by atoms with Crippen molar-refractivity contribution in [3.63, 3.8) is 0 Å². The summed E-state index contributed by atoms with van der Waals surface area (Å²) >= 11 is 0. The van der Waals surface area contributed by atoms with E-state index in [0.29, 0.717) is 0 Å². The second-order valence-corrected chi connectivity index (χ2v) is 6.11. The van der Waals surface area contributed by atoms with Crippen molar-refractivity contribution in [2.45, 2.75) is 38.3 Å². The predicted octanol–water partition coefficient (Wildman–Crippen LogP) is 1.89. The fraction of sp³-hybridized carbons (Fsp3) is 0.400. The molecule has 0 aromatic heterocycles. The number of morpholine rings is 1. The zero-order valence-electron chi connectivity index (χ0n) is 42.0. The predicted molar refractivity (Wildman–Crippen MR) is 122 cm³/mol. The van der Waals surface area contributed by atoms with Gasteiger partial charge in [0.25, 0.3) is 5.91 Å². The Morgan fingerprint density at radius 2 is 1.97 bits per heavy atom. The second-order valence-electron chi connectivity index (χ2n) is 6.11. The van der Waals surface area contributed by atoms with E-state index < -0.39 is 162 Å². The largest absolute Gasteiger partial charge is 0.381 e. The van der Waals surface area contributed by atoms with Crippen LogP contribution in [0.2, 0.25) is 0 Å². The fourth-order valence-corrected chi connectivity index (χ4v) is 2.67. The molecule has 3 heterocycles. The molecule has 8 nitrogen and oxygen atoms in total. The van der Waals surface area contributed by atoms with Crippen LogP contribution in [-0.4, -0.2) is 59.7 Å². The van der Waals surface area contributed by atoms with E-state index in [0.717, 1.165) is 0 Å². The van der Waals surface area contributed by atoms with Gasteiger partial charge in [0, 0.05) is 69.4 Å². The fourth-order valence-electron chi connectivity index (χ4n) is 2.67. The highest BCUT2D eigenvalue weighted by atomic mass is 16.5. The minimum atomic E-state index is -4.14. The molecule has 2 N–H and O–H groups in total. The van der Waals surface area contributed by atoms with E-state index in [-0.39, 0.29) is 0 Å². The molecular weight excluding hydrogens is 420 g/mol. The van der Waals surface area contributed by atoms with Gasteiger partial charge in [-0.05, 0) is 29.6 Å². The van der Waals surface area contributed by atoms with Gasteiger partial charge in [0.1, 0.15) is 6.02 Å². The molecule has 3 aliphatic rings. The molecule has 1 unspecified atom stereocenters. The molecule has 2 aromatic rings. The summed E-state index contributed by atoms with van der Waals surface area (Å²) in [7, 11) is 0. The third kappa shape index (κ3) is 4.62. The highest BCUT2D eigenvalue weighted by molar-refractivity contribution is 6.06. The molecule has 0 saturated carbocycles. The normalized spacial score (nSPS) is 46.4. The van der Waals surface area contributed by atoms with Gasteiger partial charge in [0.15, 0.2) is 0 Å². The first kappa shape index (κ1) is 6.90. The zero-order chi connectivity index (χ0) is 45.9. The zero-order valence-corrected chi connectivity index (χ0v) is 16.0. The van der Waals surface area contributed by atoms with E-state index in [1.165, 1.54) is 5.32 Å². The number of benzene rings is 2. The number of hydrogen-bond acceptors (Lipinski definition) is 6. The molecule has 0 aliphatic carbocycles. The monoisotopic (exact) mass is 474 g/mol. The lowest BCUT2D eigenvalue weighted by molar-refractivity contribution is -0.136. The molecule has 3 aliphatic heterocycles. The number of nitrogens with one attached hydrogen (secondary N) is 2. The Hall–Kier alpha value is -3.23. The number of carbonyl (C=O) groups is 3. The number of anilines is 1. The molecule has 2 saturated heterocycles. The van der Waals surface area contributed by atoms with Crippen molar-refractivity contribution < 1.29 is 54.8 Å². The van der Waals surface area contributed by atoms with Crippen LogP contribution < -0.4 is 10.6 Å². The molecule has 172 valence electrons. The smallest absolute Gasteiger partial charge is 0.255 e. The van der Waals surface area contributed by atoms with Gasteiger partial charge in [0.2, 0.25) is 11.8 Å². The maximum atomic E-state index is 14.0. The Labute approximate surface area is 229 Å². The summed E-state index contributed by atoms with van der Waals surface area (Å²) in [6, 6.07) is -14.2. The Balaban J connectivity index is 1.77. The van der Waals surface area contributed by atoms with E-state index >= 15 is 0 Å². The quantitative estimate of drug-likeness (QED) is 0.622. The van der Waals surface area contributed by atoms with Gasteiger partial charge in [-0.15, -0.1) is 0 Å². The molecule has 8 heteroatoms. The van der Waals surface area contributed by atoms with Crippen LogP contribution in [0.25, 0.3) is 0 Å². The molecule has 1 atom stereocenters. The Morgan fingerprint density at radius 1 is 1.18 bits per heavy atom. The summed E-state index contributed by atoms with van der Waals surface area (Å²) in [5.41, 5.74) is -7.29. The number of nitrogens with zero attached hydrogens (tertiary/aromatic N) is 2. The molecular formula is C25H28N4O4. The number of carbonyl (C=O) groups excluding carboxylic acids is 3. The molecule has 2 aromatic carbocycles. The molecule has 2 fully saturated rings. The van der Waals surface area contributed by atoms with Crippen LogP contribution in [0.5, 0.6) is 0 Å². The summed E-state index contributed by atoms with van der Waals surface area (Å²) in [5, 5.41) is 3.15. The standard InChI is InChI=1S/C25H28N4O4/c30-23-8-7-22(24(31)27-23)29-16-20-19(25(29)32)5-2-6-21(20)26-14-17-3-1-4-18(13-17)15-28-9-11-33-12-10-28/h1-6,13,22,26H,7-12,14-16H2,(H,27,30,31)/i1D,2D,3D,4D,5D,6D,7D2,8D2,9D2,10D2,11D2,12D2,13D,14D2,15D2,16D2,22D. The average molecular weight is 475 g/mol. The number of amides is 3. The van der Waals surface area contributed by atoms with Gasteiger partial charge in [-0.2, -0.15) is 0 Å². The second kappa shape index (κ2) is 9.33. The van der Waals surface area contributed by atoms with Crippen LogP contribution in [0.4, 0.5) is 5.69 Å². The number of rotatable bonds is 6. The summed E-state index contributed by atoms with van der Waals surface area (Å²) in [5.74, 6) is -6.00. The number of hydrogen-bond donors (Lipinski definition) is 2. The van der Waals surface area contributed by atoms with Crippen molar-refractivity contribution in [1.82, 2.24) is 15.1 Å². The third-order valence-corrected chi connectivity index (χ3v) is 4.05. The maximum Gasteiger partial charge on any atom is 0.255 e. The van der Waals surface area contributed by atoms with Crippen LogP contribution in [0, 0.1) is 0 Å². The van der Waals surface area contributed by atoms with Gasteiger partial charge in [-0.1, -0.05) is 30.2 Å². The first-order chi connectivity index (χ1) is 26.1. The molecule has 0 spiro atoms. The van der Waals surface area contributed by atoms with Gasteiger partial charge >= 0.3 is 0 Å². The van der Waals surface area contributed by atoms with Crippen LogP contribution in [-0.2, 0) is 33.8 Å². The minimum absolute atomic E-state index is 0.543. The maximum absolute atomic E-state index is 14.0. The van der Waals surface area contributed by atoms with Crippen LogP contribution in [0.1, 0.15) is 75.4 Å². The molecule has 3 amide bonds. The topological polar surface area (TPSA) is 91.0 Å². The summed E-state index contributed by atoms with van der Waals surface area (Å²) in [6.45, 7) is -27.7. The lowest BCUT2D eigenvalue weighted by Gasteiger charge is -2.29. The molecule has 5 rings (SSSR count). The van der Waals surface area contributed by atoms with Gasteiger partial charge in [0.05, 0.1) is 35.1 Å². The number of ether oxygens (including phenoxy) is 1. The molecule has 0 bridgehead atoms. The summed E-state index contributed by atoms with van der Waals surface area (Å²) < 4.78 is 223. The van der Waals surface area contributed by atoms with Crippen molar-refractivity contribution in [2.75, 3.05) is 31.4 Å². The van der Waals surface area contributed by atoms with E-state index in [2.05, 4.69) is 4.74 Å². The average Bonchev–Trinajstić information content (AvgIpc) is 3.26. The van der Waals surface area contributed by atoms with Gasteiger partial charge < -0.3 is 15.0 Å². The first-order valence-electron chi connectivity index (χ1n) is 21.9. The molecule has 33 heavy (non-hydrogen) atoms. The lowest BCUT2D eigenvalue weighted by atomic mass is 10.0. The van der Waals surface area contributed by atoms with Crippen molar-refractivity contribution in [1.29, 1.82) is 0 Å². The van der Waals surface area contributed by atoms with Crippen molar-refractivity contribution in [3.05, 3.63) is 64.6 Å². The van der Waals surface area contributed by atoms with E-state index in [1.807, 2.05) is 5.32 Å². The Morgan fingerprint density at radius 3 is 2.82 bits per heavy atom. The minimum Gasteiger partial charge on any atom is -0.381 e. The van der Waals surface area contributed by atoms with Crippen LogP contribution in [0.3, 0.4) is 0 Å². The Bertz CT molecular complexity index is 2220. The van der Waals surface area contributed by atoms with Crippen molar-refractivity contribution in [3.8, 4) is 0 Å². The highest BCUT2D eigenvalue weighted by Crippen LogP contribution is 2.32. The van der Waals surface area contributed by atoms with Gasteiger partial charge in [-0.3, -0.25) is 24.6 Å². The third-order valence-electron chi connectivity index (χ3n) is 4.05. The van der Waals surface area contributed by atoms with Gasteiger partial charge in [-0.25, -0.2) is 0 Å². The van der Waals surface area contributed by atoms with Crippen LogP contribution in [0.15, 0.2) is 42.3 Å². The lowest BCUT2D eigenvalue weighted by Crippen LogP contribution is -2.52. The number of piperidine rings is 1. The SMILES string of the molecule is [2H]c1c([2H])c(NC([2H])([2H])c2c([2H])c([2H])c([2H])c(C([2H])([2H])N3C([2H])([2H])C([2H])([2H])OC([2H])([2H])C3([2H])[2H])c2[2H])c2c(c1[2H])C(=O)N(C1([2H])C(=O)NC(=O)C([2H])([2H])C1([2H])[2H])C2([2H])[2H]. The number of imide groups is 1. The molecule has 0 radical (unpaired) electrons. The van der Waals surface area contributed by atoms with Crippen molar-refractivity contribution >= 4 is 23.4 Å². The Kier molecular flexibility index (Phi) is 1.95. The van der Waals surface area contributed by atoms with E-state index in [4.69, 9.17) is 35.6 Å². The summed E-state index contributed by atoms with van der Waals surface area (Å²) in [6.07, 6.45) is -7.94. The van der Waals surface area contributed by atoms with Crippen molar-refractivity contribution in [2.24, 2.45) is 0 Å².